The molecule has 0 unspecified atom stereocenters. The zero-order chi connectivity index (χ0) is 20.4. The smallest absolute Gasteiger partial charge is 0.329 e. The number of urea groups is 2. The fourth-order valence-electron chi connectivity index (χ4n) is 2.16. The Kier molecular flexibility index (Phi) is 9.14. The molecule has 0 radical (unpaired) electrons. The lowest BCUT2D eigenvalue weighted by Gasteiger charge is -2.16. The molecule has 0 fully saturated rings. The van der Waals surface area contributed by atoms with E-state index >= 15 is 0 Å². The molecule has 0 aliphatic carbocycles. The Bertz CT molecular complexity index is 711. The average Bonchev–Trinajstić information content (AvgIpc) is 2.58. The molecular weight excluding hydrogens is 372 g/mol. The van der Waals surface area contributed by atoms with Gasteiger partial charge in [-0.2, -0.15) is 11.8 Å². The summed E-state index contributed by atoms with van der Waals surface area (Å²) in [6.45, 7) is 3.09. The molecule has 0 spiro atoms. The van der Waals surface area contributed by atoms with Crippen molar-refractivity contribution >= 4 is 41.4 Å². The third kappa shape index (κ3) is 8.45. The number of carbonyl (C=O) groups excluding carboxylic acids is 4. The molecule has 1 aromatic rings. The van der Waals surface area contributed by atoms with Crippen LogP contribution in [0.3, 0.4) is 0 Å². The van der Waals surface area contributed by atoms with Crippen molar-refractivity contribution in [3.8, 4) is 0 Å². The molecule has 148 valence electrons. The molecule has 0 aliphatic rings. The monoisotopic (exact) mass is 396 g/mol. The van der Waals surface area contributed by atoms with Crippen LogP contribution in [0.25, 0.3) is 0 Å². The molecule has 0 saturated carbocycles. The summed E-state index contributed by atoms with van der Waals surface area (Å²) in [4.78, 5) is 46.6. The summed E-state index contributed by atoms with van der Waals surface area (Å²) in [7, 11) is 0. The number of aryl methyl sites for hydroxylation is 2. The lowest BCUT2D eigenvalue weighted by molar-refractivity contribution is -0.150. The Morgan fingerprint density at radius 3 is 2.52 bits per heavy atom. The molecule has 0 aromatic heterocycles. The molecule has 0 heterocycles. The molecule has 10 heteroatoms. The van der Waals surface area contributed by atoms with Gasteiger partial charge in [0.25, 0.3) is 5.91 Å². The van der Waals surface area contributed by atoms with E-state index in [0.717, 1.165) is 11.1 Å². The van der Waals surface area contributed by atoms with Crippen molar-refractivity contribution in [3.63, 3.8) is 0 Å². The van der Waals surface area contributed by atoms with Crippen molar-refractivity contribution in [1.82, 2.24) is 10.6 Å². The maximum absolute atomic E-state index is 12.0. The van der Waals surface area contributed by atoms with Gasteiger partial charge in [-0.05, 0) is 43.9 Å². The average molecular weight is 396 g/mol. The summed E-state index contributed by atoms with van der Waals surface area (Å²) in [6.07, 6.45) is 2.15. The first kappa shape index (κ1) is 22.3. The number of anilines is 1. The second-order valence-electron chi connectivity index (χ2n) is 5.77. The highest BCUT2D eigenvalue weighted by Crippen LogP contribution is 2.15. The van der Waals surface area contributed by atoms with Gasteiger partial charge in [-0.3, -0.25) is 10.1 Å². The minimum Gasteiger partial charge on any atom is -0.454 e. The second kappa shape index (κ2) is 11.1. The molecule has 27 heavy (non-hydrogen) atoms. The molecule has 5 amide bonds. The third-order valence-electron chi connectivity index (χ3n) is 3.44. The highest BCUT2D eigenvalue weighted by Gasteiger charge is 2.22. The zero-order valence-corrected chi connectivity index (χ0v) is 16.3. The number of rotatable bonds is 8. The number of hydrogen-bond acceptors (Lipinski definition) is 6. The van der Waals surface area contributed by atoms with Crippen LogP contribution in [0, 0.1) is 13.8 Å². The van der Waals surface area contributed by atoms with E-state index in [1.54, 1.807) is 6.07 Å². The molecular formula is C17H24N4O5S. The normalized spacial score (nSPS) is 11.2. The van der Waals surface area contributed by atoms with Crippen molar-refractivity contribution < 1.29 is 23.9 Å². The lowest BCUT2D eigenvalue weighted by atomic mass is 10.1. The summed E-state index contributed by atoms with van der Waals surface area (Å²) < 4.78 is 4.84. The van der Waals surface area contributed by atoms with Crippen LogP contribution in [0.15, 0.2) is 18.2 Å². The predicted octanol–water partition coefficient (Wildman–Crippen LogP) is 1.28. The number of amides is 5. The number of esters is 1. The number of benzene rings is 1. The van der Waals surface area contributed by atoms with Gasteiger partial charge < -0.3 is 21.1 Å². The van der Waals surface area contributed by atoms with Crippen molar-refractivity contribution in [2.24, 2.45) is 5.73 Å². The van der Waals surface area contributed by atoms with Gasteiger partial charge in [0.2, 0.25) is 0 Å². The van der Waals surface area contributed by atoms with Crippen LogP contribution >= 0.6 is 11.8 Å². The van der Waals surface area contributed by atoms with Crippen LogP contribution in [0.4, 0.5) is 15.3 Å². The molecule has 0 saturated heterocycles. The fraction of sp³-hybridized carbons (Fsp3) is 0.412. The van der Waals surface area contributed by atoms with Crippen molar-refractivity contribution in [2.45, 2.75) is 26.3 Å². The van der Waals surface area contributed by atoms with Crippen molar-refractivity contribution in [2.75, 3.05) is 23.9 Å². The van der Waals surface area contributed by atoms with E-state index in [9.17, 15) is 19.2 Å². The number of primary amides is 1. The first-order valence-corrected chi connectivity index (χ1v) is 9.52. The summed E-state index contributed by atoms with van der Waals surface area (Å²) in [6, 6.07) is 2.88. The third-order valence-corrected chi connectivity index (χ3v) is 4.08. The van der Waals surface area contributed by atoms with Crippen LogP contribution < -0.4 is 21.7 Å². The minimum atomic E-state index is -0.952. The summed E-state index contributed by atoms with van der Waals surface area (Å²) in [5.74, 6) is -1.01. The zero-order valence-electron chi connectivity index (χ0n) is 15.5. The largest absolute Gasteiger partial charge is 0.454 e. The topological polar surface area (TPSA) is 140 Å². The van der Waals surface area contributed by atoms with E-state index in [0.29, 0.717) is 17.9 Å². The maximum Gasteiger partial charge on any atom is 0.329 e. The number of ether oxygens (including phenoxy) is 1. The second-order valence-corrected chi connectivity index (χ2v) is 6.76. The Balaban J connectivity index is 2.49. The molecule has 5 N–H and O–H groups in total. The quantitative estimate of drug-likeness (QED) is 0.488. The first-order valence-electron chi connectivity index (χ1n) is 8.12. The highest BCUT2D eigenvalue weighted by molar-refractivity contribution is 7.98. The molecule has 1 atom stereocenters. The van der Waals surface area contributed by atoms with E-state index in [4.69, 9.17) is 10.5 Å². The van der Waals surface area contributed by atoms with Gasteiger partial charge >= 0.3 is 18.0 Å². The van der Waals surface area contributed by atoms with E-state index in [-0.39, 0.29) is 0 Å². The summed E-state index contributed by atoms with van der Waals surface area (Å²) in [5.41, 5.74) is 7.47. The van der Waals surface area contributed by atoms with Gasteiger partial charge in [-0.25, -0.2) is 14.4 Å². The van der Waals surface area contributed by atoms with E-state index in [1.165, 1.54) is 11.8 Å². The molecule has 9 nitrogen and oxygen atoms in total. The molecule has 1 aromatic carbocycles. The van der Waals surface area contributed by atoms with Gasteiger partial charge in [-0.1, -0.05) is 17.7 Å². The summed E-state index contributed by atoms with van der Waals surface area (Å²) in [5, 5.41) is 6.87. The van der Waals surface area contributed by atoms with Crippen LogP contribution in [-0.2, 0) is 14.3 Å². The number of nitrogens with one attached hydrogen (secondary N) is 3. The number of thioether (sulfide) groups is 1. The highest BCUT2D eigenvalue weighted by atomic mass is 32.2. The van der Waals surface area contributed by atoms with Crippen LogP contribution in [0.2, 0.25) is 0 Å². The van der Waals surface area contributed by atoms with E-state index in [1.807, 2.05) is 32.2 Å². The van der Waals surface area contributed by atoms with Gasteiger partial charge in [0.1, 0.15) is 6.04 Å². The van der Waals surface area contributed by atoms with Crippen LogP contribution in [0.1, 0.15) is 17.5 Å². The number of hydrogen-bond donors (Lipinski definition) is 4. The number of imide groups is 1. The van der Waals surface area contributed by atoms with Crippen LogP contribution in [-0.4, -0.2) is 48.6 Å². The SMILES string of the molecule is CSCC[C@@H](NC(N)=O)C(=O)OCC(=O)NC(=O)Nc1ccc(C)cc1C. The Morgan fingerprint density at radius 1 is 1.22 bits per heavy atom. The van der Waals surface area contributed by atoms with Gasteiger partial charge in [0.05, 0.1) is 0 Å². The standard InChI is InChI=1S/C17H24N4O5S/c1-10-4-5-12(11(2)8-10)20-17(25)21-14(22)9-26-15(23)13(6-7-27-3)19-16(18)24/h4-5,8,13H,6-7,9H2,1-3H3,(H3,18,19,24)(H2,20,21,22,25)/t13-/m1/s1. The summed E-state index contributed by atoms with van der Waals surface area (Å²) >= 11 is 1.48. The van der Waals surface area contributed by atoms with E-state index < -0.39 is 36.6 Å². The van der Waals surface area contributed by atoms with Gasteiger partial charge in [0, 0.05) is 5.69 Å². The fourth-order valence-corrected chi connectivity index (χ4v) is 2.64. The first-order chi connectivity index (χ1) is 12.7. The maximum atomic E-state index is 12.0. The van der Waals surface area contributed by atoms with Crippen molar-refractivity contribution in [3.05, 3.63) is 29.3 Å². The van der Waals surface area contributed by atoms with Crippen molar-refractivity contribution in [1.29, 1.82) is 0 Å². The molecule has 0 aliphatic heterocycles. The molecule has 0 bridgehead atoms. The van der Waals surface area contributed by atoms with Gasteiger partial charge in [0.15, 0.2) is 6.61 Å². The molecule has 1 rings (SSSR count). The van der Waals surface area contributed by atoms with E-state index in [2.05, 4.69) is 16.0 Å². The Labute approximate surface area is 161 Å². The number of nitrogens with two attached hydrogens (primary N) is 1. The minimum absolute atomic E-state index is 0.303. The Hall–Kier alpha value is -2.75. The Morgan fingerprint density at radius 2 is 1.93 bits per heavy atom. The lowest BCUT2D eigenvalue weighted by Crippen LogP contribution is -2.46. The van der Waals surface area contributed by atoms with Gasteiger partial charge in [-0.15, -0.1) is 0 Å². The number of carbonyl (C=O) groups is 4. The predicted molar refractivity (Wildman–Crippen MR) is 104 cm³/mol. The van der Waals surface area contributed by atoms with Crippen LogP contribution in [0.5, 0.6) is 0 Å².